The molecule has 1 aliphatic carbocycles. The molecule has 2 aromatic rings. The van der Waals surface area contributed by atoms with Crippen LogP contribution in [0.4, 0.5) is 0 Å². The number of carbonyl (C=O) groups is 1. The Morgan fingerprint density at radius 2 is 2.20 bits per heavy atom. The largest absolute Gasteiger partial charge is 0.426 e. The average molecular weight is 344 g/mol. The van der Waals surface area contributed by atoms with E-state index in [1.807, 2.05) is 4.90 Å². The van der Waals surface area contributed by atoms with Crippen molar-refractivity contribution in [2.75, 3.05) is 13.1 Å². The number of hydrogen-bond acceptors (Lipinski definition) is 7. The van der Waals surface area contributed by atoms with Crippen LogP contribution in [-0.2, 0) is 11.2 Å². The van der Waals surface area contributed by atoms with Crippen LogP contribution < -0.4 is 0 Å². The van der Waals surface area contributed by atoms with Crippen molar-refractivity contribution in [3.63, 3.8) is 0 Å². The Hall–Kier alpha value is -2.22. The fraction of sp³-hybridized carbons (Fsp3) is 0.647. The lowest BCUT2D eigenvalue weighted by Gasteiger charge is -2.17. The Kier molecular flexibility index (Phi) is 3.41. The molecule has 5 rings (SSSR count). The molecule has 0 spiro atoms. The summed E-state index contributed by atoms with van der Waals surface area (Å²) in [6.07, 6.45) is 3.96. The van der Waals surface area contributed by atoms with Crippen LogP contribution in [0.25, 0.3) is 0 Å². The van der Waals surface area contributed by atoms with E-state index in [0.29, 0.717) is 48.8 Å². The summed E-state index contributed by atoms with van der Waals surface area (Å²) in [5.74, 6) is 2.79. The number of likely N-dealkylation sites (tertiary alicyclic amines) is 1. The van der Waals surface area contributed by atoms with E-state index in [1.54, 1.807) is 13.0 Å². The number of fused-ring (bicyclic) bond motifs is 1. The molecule has 0 radical (unpaired) electrons. The topological polar surface area (TPSA) is 94.5 Å². The van der Waals surface area contributed by atoms with Crippen LogP contribution in [0.2, 0.25) is 0 Å². The van der Waals surface area contributed by atoms with Gasteiger partial charge in [0.15, 0.2) is 5.69 Å². The molecule has 0 N–H and O–H groups in total. The molecule has 3 aliphatic rings. The Morgan fingerprint density at radius 3 is 2.92 bits per heavy atom. The van der Waals surface area contributed by atoms with Gasteiger partial charge in [-0.05, 0) is 19.3 Å². The number of aromatic nitrogens is 3. The van der Waals surface area contributed by atoms with Gasteiger partial charge >= 0.3 is 0 Å². The molecular formula is C17H20N4O4. The van der Waals surface area contributed by atoms with Crippen LogP contribution >= 0.6 is 0 Å². The molecule has 2 saturated heterocycles. The van der Waals surface area contributed by atoms with E-state index >= 15 is 0 Å². The van der Waals surface area contributed by atoms with Gasteiger partial charge in [0.25, 0.3) is 5.91 Å². The normalized spacial score (nSPS) is 28.5. The van der Waals surface area contributed by atoms with Gasteiger partial charge in [0.2, 0.25) is 11.8 Å². The van der Waals surface area contributed by atoms with Crippen molar-refractivity contribution in [3.8, 4) is 0 Å². The first-order valence-corrected chi connectivity index (χ1v) is 8.86. The monoisotopic (exact) mass is 344 g/mol. The maximum Gasteiger partial charge on any atom is 0.276 e. The highest BCUT2D eigenvalue weighted by Crippen LogP contribution is 2.40. The zero-order chi connectivity index (χ0) is 17.0. The summed E-state index contributed by atoms with van der Waals surface area (Å²) >= 11 is 0. The lowest BCUT2D eigenvalue weighted by Crippen LogP contribution is -2.31. The minimum atomic E-state index is -0.0577. The summed E-state index contributed by atoms with van der Waals surface area (Å²) < 4.78 is 16.8. The first-order chi connectivity index (χ1) is 12.2. The van der Waals surface area contributed by atoms with Crippen molar-refractivity contribution in [2.45, 2.75) is 50.7 Å². The molecule has 0 bridgehead atoms. The summed E-state index contributed by atoms with van der Waals surface area (Å²) in [5, 5.41) is 11.8. The highest BCUT2D eigenvalue weighted by Gasteiger charge is 2.44. The number of amides is 1. The number of hydrogen-bond donors (Lipinski definition) is 0. The van der Waals surface area contributed by atoms with Crippen molar-refractivity contribution >= 4 is 5.91 Å². The molecule has 1 amide bonds. The standard InChI is InChI=1S/C17H20N4O4/c1-9-18-19-16(23-9)5-12-4-11-7-21(8-15(11)24-12)17(22)13-6-14(25-20-13)10-2-3-10/h6,10-12,15H,2-5,7-8H2,1H3/t11-,12-,15+/m0/s1. The summed E-state index contributed by atoms with van der Waals surface area (Å²) in [4.78, 5) is 14.5. The van der Waals surface area contributed by atoms with E-state index in [0.717, 1.165) is 25.0 Å². The fourth-order valence-electron chi connectivity index (χ4n) is 3.89. The Balaban J connectivity index is 1.19. The summed E-state index contributed by atoms with van der Waals surface area (Å²) in [7, 11) is 0. The molecule has 132 valence electrons. The molecule has 3 atom stereocenters. The van der Waals surface area contributed by atoms with Crippen LogP contribution in [0, 0.1) is 12.8 Å². The van der Waals surface area contributed by atoms with E-state index in [1.165, 1.54) is 0 Å². The molecule has 2 aromatic heterocycles. The van der Waals surface area contributed by atoms with Crippen LogP contribution in [0.1, 0.15) is 53.2 Å². The zero-order valence-electron chi connectivity index (χ0n) is 14.1. The molecular weight excluding hydrogens is 324 g/mol. The SMILES string of the molecule is Cc1nnc(C[C@@H]2C[C@H]3CN(C(=O)c4cc(C5CC5)on4)C[C@H]3O2)o1. The summed E-state index contributed by atoms with van der Waals surface area (Å²) in [6, 6.07) is 1.80. The predicted molar refractivity (Wildman–Crippen MR) is 83.9 cm³/mol. The van der Waals surface area contributed by atoms with E-state index < -0.39 is 0 Å². The van der Waals surface area contributed by atoms with Gasteiger partial charge in [-0.25, -0.2) is 0 Å². The highest BCUT2D eigenvalue weighted by molar-refractivity contribution is 5.92. The molecule has 8 nitrogen and oxygen atoms in total. The molecule has 0 unspecified atom stereocenters. The van der Waals surface area contributed by atoms with Gasteiger partial charge in [0, 0.05) is 37.9 Å². The van der Waals surface area contributed by atoms with Crippen molar-refractivity contribution in [2.24, 2.45) is 5.92 Å². The maximum absolute atomic E-state index is 12.6. The highest BCUT2D eigenvalue weighted by atomic mass is 16.5. The molecule has 4 heterocycles. The fourth-order valence-corrected chi connectivity index (χ4v) is 3.89. The predicted octanol–water partition coefficient (Wildman–Crippen LogP) is 1.72. The number of carbonyl (C=O) groups excluding carboxylic acids is 1. The van der Waals surface area contributed by atoms with Gasteiger partial charge in [0.05, 0.1) is 18.6 Å². The van der Waals surface area contributed by atoms with Crippen molar-refractivity contribution in [1.82, 2.24) is 20.3 Å². The third-order valence-electron chi connectivity index (χ3n) is 5.30. The van der Waals surface area contributed by atoms with Gasteiger partial charge in [0.1, 0.15) is 5.76 Å². The van der Waals surface area contributed by atoms with Crippen LogP contribution in [0.5, 0.6) is 0 Å². The van der Waals surface area contributed by atoms with E-state index in [2.05, 4.69) is 15.4 Å². The molecule has 1 saturated carbocycles. The summed E-state index contributed by atoms with van der Waals surface area (Å²) in [6.45, 7) is 3.09. The Labute approximate surface area is 144 Å². The molecule has 8 heteroatoms. The summed E-state index contributed by atoms with van der Waals surface area (Å²) in [5.41, 5.74) is 0.416. The van der Waals surface area contributed by atoms with Crippen LogP contribution in [0.15, 0.2) is 15.0 Å². The van der Waals surface area contributed by atoms with E-state index in [9.17, 15) is 4.79 Å². The molecule has 3 fully saturated rings. The second kappa shape index (κ2) is 5.66. The van der Waals surface area contributed by atoms with E-state index in [-0.39, 0.29) is 18.1 Å². The second-order valence-corrected chi connectivity index (χ2v) is 7.31. The number of rotatable bonds is 4. The third-order valence-corrected chi connectivity index (χ3v) is 5.30. The number of ether oxygens (including phenoxy) is 1. The Bertz CT molecular complexity index is 782. The lowest BCUT2D eigenvalue weighted by atomic mass is 10.0. The second-order valence-electron chi connectivity index (χ2n) is 7.31. The molecule has 25 heavy (non-hydrogen) atoms. The maximum atomic E-state index is 12.6. The zero-order valence-corrected chi connectivity index (χ0v) is 14.1. The van der Waals surface area contributed by atoms with Gasteiger partial charge in [-0.3, -0.25) is 4.79 Å². The first kappa shape index (κ1) is 15.1. The average Bonchev–Trinajstić information content (AvgIpc) is 2.93. The van der Waals surface area contributed by atoms with Crippen molar-refractivity contribution in [3.05, 3.63) is 29.3 Å². The van der Waals surface area contributed by atoms with Crippen molar-refractivity contribution < 1.29 is 18.5 Å². The lowest BCUT2D eigenvalue weighted by molar-refractivity contribution is 0.0334. The van der Waals surface area contributed by atoms with Gasteiger partial charge < -0.3 is 18.6 Å². The van der Waals surface area contributed by atoms with Gasteiger partial charge in [-0.2, -0.15) is 0 Å². The minimum absolute atomic E-state index is 0.0577. The third kappa shape index (κ3) is 2.84. The Morgan fingerprint density at radius 1 is 1.32 bits per heavy atom. The van der Waals surface area contributed by atoms with Crippen molar-refractivity contribution in [1.29, 1.82) is 0 Å². The molecule has 0 aromatic carbocycles. The molecule has 2 aliphatic heterocycles. The first-order valence-electron chi connectivity index (χ1n) is 8.86. The smallest absolute Gasteiger partial charge is 0.276 e. The number of nitrogens with zero attached hydrogens (tertiary/aromatic N) is 4. The van der Waals surface area contributed by atoms with Gasteiger partial charge in [-0.1, -0.05) is 5.16 Å². The van der Waals surface area contributed by atoms with Crippen LogP contribution in [0.3, 0.4) is 0 Å². The van der Waals surface area contributed by atoms with Crippen LogP contribution in [-0.4, -0.2) is 51.5 Å². The quantitative estimate of drug-likeness (QED) is 0.833. The number of aryl methyl sites for hydroxylation is 1. The van der Waals surface area contributed by atoms with E-state index in [4.69, 9.17) is 13.7 Å². The minimum Gasteiger partial charge on any atom is -0.426 e. The van der Waals surface area contributed by atoms with Gasteiger partial charge in [-0.15, -0.1) is 10.2 Å².